The summed E-state index contributed by atoms with van der Waals surface area (Å²) in [4.78, 5) is 10.8. The number of nitrogens with zero attached hydrogens (tertiary/aromatic N) is 3. The molecule has 0 saturated carbocycles. The van der Waals surface area contributed by atoms with Crippen LogP contribution in [0.25, 0.3) is 0 Å². The normalized spacial score (nSPS) is 22.1. The molecule has 2 aliphatic rings. The van der Waals surface area contributed by atoms with Crippen molar-refractivity contribution in [2.75, 3.05) is 50.9 Å². The maximum absolute atomic E-state index is 6.11. The minimum absolute atomic E-state index is 0.0306. The number of thiazole rings is 1. The summed E-state index contributed by atoms with van der Waals surface area (Å²) >= 11 is 1.83. The Morgan fingerprint density at radius 3 is 2.77 bits per heavy atom. The zero-order valence-corrected chi connectivity index (χ0v) is 14.5. The minimum Gasteiger partial charge on any atom is -0.381 e. The number of ether oxygens (including phenoxy) is 2. The van der Waals surface area contributed by atoms with Gasteiger partial charge in [0.25, 0.3) is 0 Å². The maximum Gasteiger partial charge on any atom is 0.185 e. The van der Waals surface area contributed by atoms with Gasteiger partial charge < -0.3 is 14.4 Å². The van der Waals surface area contributed by atoms with E-state index in [1.807, 2.05) is 17.5 Å². The van der Waals surface area contributed by atoms with Gasteiger partial charge in [-0.2, -0.15) is 0 Å². The fourth-order valence-electron chi connectivity index (χ4n) is 3.34. The average molecular weight is 325 g/mol. The lowest BCUT2D eigenvalue weighted by atomic mass is 9.92. The molecule has 0 bridgehead atoms. The number of hydrogen-bond acceptors (Lipinski definition) is 6. The highest BCUT2D eigenvalue weighted by atomic mass is 32.1. The fraction of sp³-hybridized carbons (Fsp3) is 0.812. The van der Waals surface area contributed by atoms with E-state index in [1.165, 1.54) is 4.88 Å². The summed E-state index contributed by atoms with van der Waals surface area (Å²) in [6, 6.07) is 0. The third kappa shape index (κ3) is 3.62. The van der Waals surface area contributed by atoms with Crippen LogP contribution in [0.1, 0.15) is 31.6 Å². The quantitative estimate of drug-likeness (QED) is 0.831. The second kappa shape index (κ2) is 7.25. The third-order valence-electron chi connectivity index (χ3n) is 4.69. The van der Waals surface area contributed by atoms with Crippen LogP contribution in [0.4, 0.5) is 5.13 Å². The predicted octanol–water partition coefficient (Wildman–Crippen LogP) is 2.37. The van der Waals surface area contributed by atoms with Gasteiger partial charge in [0, 0.05) is 69.9 Å². The molecule has 0 aliphatic carbocycles. The first kappa shape index (κ1) is 16.2. The molecule has 0 N–H and O–H groups in total. The number of hydrogen-bond donors (Lipinski definition) is 0. The van der Waals surface area contributed by atoms with E-state index in [-0.39, 0.29) is 5.60 Å². The molecule has 1 aromatic heterocycles. The first-order valence-corrected chi connectivity index (χ1v) is 9.20. The van der Waals surface area contributed by atoms with E-state index in [0.717, 1.165) is 70.5 Å². The Bertz CT molecular complexity index is 464. The van der Waals surface area contributed by atoms with Crippen LogP contribution in [0, 0.1) is 0 Å². The molecule has 2 saturated heterocycles. The Hall–Kier alpha value is -0.690. The van der Waals surface area contributed by atoms with Crippen molar-refractivity contribution in [3.63, 3.8) is 0 Å². The minimum atomic E-state index is 0.0306. The molecule has 6 heteroatoms. The van der Waals surface area contributed by atoms with Crippen molar-refractivity contribution >= 4 is 16.5 Å². The Labute approximate surface area is 137 Å². The molecule has 5 nitrogen and oxygen atoms in total. The van der Waals surface area contributed by atoms with Gasteiger partial charge in [0.2, 0.25) is 0 Å². The van der Waals surface area contributed by atoms with Crippen LogP contribution >= 0.6 is 11.3 Å². The molecule has 2 aliphatic heterocycles. The highest BCUT2D eigenvalue weighted by Crippen LogP contribution is 2.31. The van der Waals surface area contributed by atoms with Crippen LogP contribution < -0.4 is 4.90 Å². The molecular formula is C16H27N3O2S. The van der Waals surface area contributed by atoms with Crippen molar-refractivity contribution in [2.45, 2.75) is 38.8 Å². The number of aromatic nitrogens is 1. The van der Waals surface area contributed by atoms with Crippen LogP contribution in [0.3, 0.4) is 0 Å². The fourth-order valence-corrected chi connectivity index (χ4v) is 4.42. The summed E-state index contributed by atoms with van der Waals surface area (Å²) in [5.74, 6) is 0. The van der Waals surface area contributed by atoms with Gasteiger partial charge in [-0.3, -0.25) is 4.90 Å². The molecule has 2 fully saturated rings. The molecule has 0 atom stereocenters. The second-order valence-corrected chi connectivity index (χ2v) is 7.23. The Morgan fingerprint density at radius 1 is 1.27 bits per heavy atom. The van der Waals surface area contributed by atoms with Gasteiger partial charge in [0.05, 0.1) is 12.2 Å². The zero-order chi connectivity index (χ0) is 15.4. The van der Waals surface area contributed by atoms with E-state index in [4.69, 9.17) is 9.47 Å². The van der Waals surface area contributed by atoms with E-state index in [0.29, 0.717) is 0 Å². The largest absolute Gasteiger partial charge is 0.381 e. The standard InChI is InChI=1S/C16H27N3O2S/c1-3-19(4-2)15-17-11-14(22-15)12-18-7-10-21-16(13-18)5-8-20-9-6-16/h11H,3-10,12-13H2,1-2H3. The molecule has 1 aromatic rings. The molecular weight excluding hydrogens is 298 g/mol. The number of rotatable bonds is 5. The van der Waals surface area contributed by atoms with Gasteiger partial charge in [-0.1, -0.05) is 0 Å². The van der Waals surface area contributed by atoms with Gasteiger partial charge in [-0.25, -0.2) is 4.98 Å². The number of anilines is 1. The summed E-state index contributed by atoms with van der Waals surface area (Å²) in [6.07, 6.45) is 4.10. The van der Waals surface area contributed by atoms with Crippen LogP contribution in [0.2, 0.25) is 0 Å². The van der Waals surface area contributed by atoms with Crippen molar-refractivity contribution in [3.05, 3.63) is 11.1 Å². The summed E-state index contributed by atoms with van der Waals surface area (Å²) in [5.41, 5.74) is 0.0306. The van der Waals surface area contributed by atoms with Crippen LogP contribution in [0.15, 0.2) is 6.20 Å². The van der Waals surface area contributed by atoms with E-state index < -0.39 is 0 Å². The Kier molecular flexibility index (Phi) is 5.33. The molecule has 0 aromatic carbocycles. The molecule has 0 amide bonds. The summed E-state index contributed by atoms with van der Waals surface area (Å²) in [7, 11) is 0. The van der Waals surface area contributed by atoms with E-state index in [9.17, 15) is 0 Å². The van der Waals surface area contributed by atoms with Crippen molar-refractivity contribution in [1.82, 2.24) is 9.88 Å². The van der Waals surface area contributed by atoms with Crippen LogP contribution in [-0.2, 0) is 16.0 Å². The highest BCUT2D eigenvalue weighted by molar-refractivity contribution is 7.15. The lowest BCUT2D eigenvalue weighted by molar-refractivity contribution is -0.154. The van der Waals surface area contributed by atoms with Crippen molar-refractivity contribution in [2.24, 2.45) is 0 Å². The van der Waals surface area contributed by atoms with E-state index in [2.05, 4.69) is 28.6 Å². The summed E-state index contributed by atoms with van der Waals surface area (Å²) in [6.45, 7) is 11.9. The maximum atomic E-state index is 6.11. The lowest BCUT2D eigenvalue weighted by Gasteiger charge is -2.44. The molecule has 22 heavy (non-hydrogen) atoms. The average Bonchev–Trinajstić information content (AvgIpc) is 2.98. The predicted molar refractivity (Wildman–Crippen MR) is 89.7 cm³/mol. The molecule has 0 unspecified atom stereocenters. The molecule has 3 rings (SSSR count). The van der Waals surface area contributed by atoms with Gasteiger partial charge in [-0.05, 0) is 13.8 Å². The summed E-state index contributed by atoms with van der Waals surface area (Å²) in [5, 5.41) is 1.15. The van der Waals surface area contributed by atoms with Crippen molar-refractivity contribution in [3.8, 4) is 0 Å². The Morgan fingerprint density at radius 2 is 2.05 bits per heavy atom. The summed E-state index contributed by atoms with van der Waals surface area (Å²) < 4.78 is 11.6. The van der Waals surface area contributed by atoms with E-state index >= 15 is 0 Å². The molecule has 124 valence electrons. The van der Waals surface area contributed by atoms with Gasteiger partial charge in [0.1, 0.15) is 0 Å². The SMILES string of the molecule is CCN(CC)c1ncc(CN2CCOC3(CCOCC3)C2)s1. The van der Waals surface area contributed by atoms with Gasteiger partial charge >= 0.3 is 0 Å². The van der Waals surface area contributed by atoms with Gasteiger partial charge in [0.15, 0.2) is 5.13 Å². The van der Waals surface area contributed by atoms with Crippen LogP contribution in [0.5, 0.6) is 0 Å². The monoisotopic (exact) mass is 325 g/mol. The molecule has 0 radical (unpaired) electrons. The van der Waals surface area contributed by atoms with Crippen molar-refractivity contribution < 1.29 is 9.47 Å². The highest BCUT2D eigenvalue weighted by Gasteiger charge is 2.38. The number of morpholine rings is 1. The van der Waals surface area contributed by atoms with E-state index in [1.54, 1.807) is 0 Å². The molecule has 3 heterocycles. The van der Waals surface area contributed by atoms with Crippen molar-refractivity contribution in [1.29, 1.82) is 0 Å². The Balaban J connectivity index is 1.60. The smallest absolute Gasteiger partial charge is 0.185 e. The molecule has 1 spiro atoms. The van der Waals surface area contributed by atoms with Gasteiger partial charge in [-0.15, -0.1) is 11.3 Å². The van der Waals surface area contributed by atoms with Crippen LogP contribution in [-0.4, -0.2) is 61.5 Å². The second-order valence-electron chi connectivity index (χ2n) is 6.14. The third-order valence-corrected chi connectivity index (χ3v) is 5.73. The topological polar surface area (TPSA) is 37.8 Å². The first-order valence-electron chi connectivity index (χ1n) is 8.38. The lowest BCUT2D eigenvalue weighted by Crippen LogP contribution is -2.53. The first-order chi connectivity index (χ1) is 10.7. The zero-order valence-electron chi connectivity index (χ0n) is 13.7.